The van der Waals surface area contributed by atoms with Crippen LogP contribution in [0.15, 0.2) is 24.3 Å². The molecule has 29 heavy (non-hydrogen) atoms. The summed E-state index contributed by atoms with van der Waals surface area (Å²) in [7, 11) is 3.62. The number of piperidine rings is 1. The molecule has 0 saturated carbocycles. The second-order valence-corrected chi connectivity index (χ2v) is 8.93. The van der Waals surface area contributed by atoms with E-state index in [0.717, 1.165) is 56.5 Å². The summed E-state index contributed by atoms with van der Waals surface area (Å²) in [6, 6.07) is 8.11. The third-order valence-electron chi connectivity index (χ3n) is 6.78. The van der Waals surface area contributed by atoms with Crippen LogP contribution in [-0.2, 0) is 14.3 Å². The first-order valence-corrected chi connectivity index (χ1v) is 10.8. The summed E-state index contributed by atoms with van der Waals surface area (Å²) in [6.07, 6.45) is 4.65. The predicted octanol–water partition coefficient (Wildman–Crippen LogP) is 2.82. The Balaban J connectivity index is 1.46. The Morgan fingerprint density at radius 2 is 1.83 bits per heavy atom. The number of nitrogens with zero attached hydrogens (tertiary/aromatic N) is 2. The van der Waals surface area contributed by atoms with E-state index in [0.29, 0.717) is 19.6 Å². The minimum absolute atomic E-state index is 0.108. The lowest BCUT2D eigenvalue weighted by molar-refractivity contribution is -0.142. The van der Waals surface area contributed by atoms with E-state index in [4.69, 9.17) is 9.47 Å². The molecule has 6 nitrogen and oxygen atoms in total. The van der Waals surface area contributed by atoms with Crippen molar-refractivity contribution < 1.29 is 19.1 Å². The van der Waals surface area contributed by atoms with E-state index in [-0.39, 0.29) is 29.3 Å². The molecule has 1 aromatic rings. The minimum atomic E-state index is -0.280. The van der Waals surface area contributed by atoms with Crippen LogP contribution in [0.5, 0.6) is 5.75 Å². The summed E-state index contributed by atoms with van der Waals surface area (Å²) in [5, 5.41) is 0. The van der Waals surface area contributed by atoms with Gasteiger partial charge in [-0.25, -0.2) is 0 Å². The number of ether oxygens (including phenoxy) is 2. The van der Waals surface area contributed by atoms with E-state index in [2.05, 4.69) is 6.07 Å². The van der Waals surface area contributed by atoms with E-state index >= 15 is 0 Å². The number of fused-ring (bicyclic) bond motifs is 1. The van der Waals surface area contributed by atoms with Crippen LogP contribution >= 0.6 is 0 Å². The molecule has 2 saturated heterocycles. The maximum atomic E-state index is 12.9. The van der Waals surface area contributed by atoms with E-state index in [1.54, 1.807) is 4.90 Å². The van der Waals surface area contributed by atoms with Gasteiger partial charge in [0.25, 0.3) is 0 Å². The van der Waals surface area contributed by atoms with Crippen LogP contribution in [0.3, 0.4) is 0 Å². The fourth-order valence-electron chi connectivity index (χ4n) is 4.96. The lowest BCUT2D eigenvalue weighted by atomic mass is 9.76. The quantitative estimate of drug-likeness (QED) is 0.783. The lowest BCUT2D eigenvalue weighted by Crippen LogP contribution is -2.53. The number of para-hydroxylation sites is 1. The molecule has 0 N–H and O–H groups in total. The van der Waals surface area contributed by atoms with Gasteiger partial charge in [-0.05, 0) is 30.9 Å². The third-order valence-corrected chi connectivity index (χ3v) is 6.78. The highest BCUT2D eigenvalue weighted by Crippen LogP contribution is 2.46. The van der Waals surface area contributed by atoms with E-state index in [9.17, 15) is 9.59 Å². The number of benzene rings is 1. The molecule has 0 unspecified atom stereocenters. The van der Waals surface area contributed by atoms with Crippen molar-refractivity contribution in [2.24, 2.45) is 5.92 Å². The maximum absolute atomic E-state index is 12.9. The van der Waals surface area contributed by atoms with Crippen molar-refractivity contribution in [2.75, 3.05) is 40.4 Å². The van der Waals surface area contributed by atoms with Crippen molar-refractivity contribution in [3.8, 4) is 5.75 Å². The van der Waals surface area contributed by atoms with Crippen LogP contribution < -0.4 is 4.74 Å². The number of hydrogen-bond acceptors (Lipinski definition) is 4. The molecule has 0 aliphatic carbocycles. The summed E-state index contributed by atoms with van der Waals surface area (Å²) < 4.78 is 11.9. The van der Waals surface area contributed by atoms with Gasteiger partial charge >= 0.3 is 0 Å². The van der Waals surface area contributed by atoms with Crippen LogP contribution in [0.4, 0.5) is 0 Å². The zero-order valence-corrected chi connectivity index (χ0v) is 17.6. The summed E-state index contributed by atoms with van der Waals surface area (Å²) >= 11 is 0. The number of carbonyl (C=O) groups excluding carboxylic acids is 2. The molecular formula is C23H32N2O4. The number of rotatable bonds is 3. The first kappa shape index (κ1) is 20.2. The van der Waals surface area contributed by atoms with Gasteiger partial charge in [0, 0.05) is 71.5 Å². The van der Waals surface area contributed by atoms with Crippen LogP contribution in [0.2, 0.25) is 0 Å². The second kappa shape index (κ2) is 8.34. The van der Waals surface area contributed by atoms with Gasteiger partial charge in [-0.1, -0.05) is 18.2 Å². The highest BCUT2D eigenvalue weighted by atomic mass is 16.5. The normalized spacial score (nSPS) is 23.9. The van der Waals surface area contributed by atoms with E-state index in [1.807, 2.05) is 37.2 Å². The highest BCUT2D eigenvalue weighted by Gasteiger charge is 2.45. The van der Waals surface area contributed by atoms with Crippen LogP contribution in [0, 0.1) is 5.92 Å². The smallest absolute Gasteiger partial charge is 0.225 e. The molecule has 1 spiro atoms. The molecule has 2 fully saturated rings. The maximum Gasteiger partial charge on any atom is 0.225 e. The molecule has 1 aromatic carbocycles. The Bertz CT molecular complexity index is 749. The molecular weight excluding hydrogens is 368 g/mol. The van der Waals surface area contributed by atoms with Gasteiger partial charge in [0.1, 0.15) is 11.4 Å². The molecule has 4 rings (SSSR count). The number of carbonyl (C=O) groups is 2. The van der Waals surface area contributed by atoms with Crippen LogP contribution in [0.1, 0.15) is 50.0 Å². The van der Waals surface area contributed by atoms with E-state index in [1.165, 1.54) is 0 Å². The second-order valence-electron chi connectivity index (χ2n) is 8.93. The SMILES string of the molecule is CN(C)C(=O)C[C@@H]1CC2(CCN(C(=O)C3CCOCC3)CC2)Oc2ccccc21. The summed E-state index contributed by atoms with van der Waals surface area (Å²) in [4.78, 5) is 29.0. The first-order chi connectivity index (χ1) is 14.0. The fraction of sp³-hybridized carbons (Fsp3) is 0.652. The van der Waals surface area contributed by atoms with Gasteiger partial charge in [0.2, 0.25) is 11.8 Å². The van der Waals surface area contributed by atoms with Crippen molar-refractivity contribution >= 4 is 11.8 Å². The van der Waals surface area contributed by atoms with Gasteiger partial charge in [0.15, 0.2) is 0 Å². The van der Waals surface area contributed by atoms with Crippen molar-refractivity contribution in [2.45, 2.75) is 50.0 Å². The molecule has 3 aliphatic heterocycles. The Kier molecular flexibility index (Phi) is 5.81. The largest absolute Gasteiger partial charge is 0.487 e. The molecule has 158 valence electrons. The van der Waals surface area contributed by atoms with Crippen molar-refractivity contribution in [1.82, 2.24) is 9.80 Å². The summed E-state index contributed by atoms with van der Waals surface area (Å²) in [6.45, 7) is 2.84. The Labute approximate surface area is 173 Å². The number of likely N-dealkylation sites (tertiary alicyclic amines) is 1. The van der Waals surface area contributed by atoms with E-state index < -0.39 is 0 Å². The molecule has 3 aliphatic rings. The summed E-state index contributed by atoms with van der Waals surface area (Å²) in [5.41, 5.74) is 0.854. The van der Waals surface area contributed by atoms with Gasteiger partial charge in [0.05, 0.1) is 0 Å². The lowest BCUT2D eigenvalue weighted by Gasteiger charge is -2.47. The van der Waals surface area contributed by atoms with Gasteiger partial charge in [-0.15, -0.1) is 0 Å². The van der Waals surface area contributed by atoms with Crippen molar-refractivity contribution in [3.05, 3.63) is 29.8 Å². The summed E-state index contributed by atoms with van der Waals surface area (Å²) in [5.74, 6) is 1.59. The predicted molar refractivity (Wildman–Crippen MR) is 110 cm³/mol. The standard InChI is InChI=1S/C23H32N2O4/c1-24(2)21(26)15-18-16-23(29-20-6-4-3-5-19(18)20)9-11-25(12-10-23)22(27)17-7-13-28-14-8-17/h3-6,17-18H,7-16H2,1-2H3/t18-/m1/s1. The monoisotopic (exact) mass is 400 g/mol. The Morgan fingerprint density at radius 1 is 1.14 bits per heavy atom. The number of hydrogen-bond donors (Lipinski definition) is 0. The first-order valence-electron chi connectivity index (χ1n) is 10.8. The van der Waals surface area contributed by atoms with Crippen LogP contribution in [0.25, 0.3) is 0 Å². The van der Waals surface area contributed by atoms with Gasteiger partial charge < -0.3 is 19.3 Å². The Morgan fingerprint density at radius 3 is 2.52 bits per heavy atom. The van der Waals surface area contributed by atoms with Gasteiger partial charge in [-0.3, -0.25) is 9.59 Å². The average Bonchev–Trinajstić information content (AvgIpc) is 2.74. The topological polar surface area (TPSA) is 59.1 Å². The zero-order chi connectivity index (χ0) is 20.4. The molecule has 0 radical (unpaired) electrons. The minimum Gasteiger partial charge on any atom is -0.487 e. The zero-order valence-electron chi connectivity index (χ0n) is 17.6. The molecule has 6 heteroatoms. The molecule has 0 bridgehead atoms. The Hall–Kier alpha value is -2.08. The molecule has 2 amide bonds. The number of amides is 2. The van der Waals surface area contributed by atoms with Crippen LogP contribution in [-0.4, -0.2) is 67.6 Å². The highest BCUT2D eigenvalue weighted by molar-refractivity contribution is 5.79. The molecule has 0 aromatic heterocycles. The van der Waals surface area contributed by atoms with Gasteiger partial charge in [-0.2, -0.15) is 0 Å². The third kappa shape index (κ3) is 4.27. The molecule has 1 atom stereocenters. The fourth-order valence-corrected chi connectivity index (χ4v) is 4.96. The average molecular weight is 401 g/mol. The van der Waals surface area contributed by atoms with Crippen molar-refractivity contribution in [1.29, 1.82) is 0 Å². The van der Waals surface area contributed by atoms with Crippen molar-refractivity contribution in [3.63, 3.8) is 0 Å². The molecule has 3 heterocycles.